The maximum Gasteiger partial charge on any atom is 0.519 e. The van der Waals surface area contributed by atoms with Gasteiger partial charge in [-0.15, -0.1) is 0 Å². The summed E-state index contributed by atoms with van der Waals surface area (Å²) >= 11 is 0. The van der Waals surface area contributed by atoms with E-state index in [0.717, 1.165) is 36.0 Å². The summed E-state index contributed by atoms with van der Waals surface area (Å²) in [4.78, 5) is 70.4. The zero-order valence-corrected chi connectivity index (χ0v) is 38.8. The fraction of sp³-hybridized carbons (Fsp3) is 0.509. The number of hydrogen-bond acceptors (Lipinski definition) is 10. The Morgan fingerprint density at radius 3 is 1.95 bits per heavy atom. The highest BCUT2D eigenvalue weighted by Crippen LogP contribution is 2.75. The molecule has 4 saturated carbocycles. The Morgan fingerprint density at radius 1 is 0.723 bits per heavy atom. The highest BCUT2D eigenvalue weighted by atomic mass is 16.6. The normalized spacial score (nSPS) is 35.1. The van der Waals surface area contributed by atoms with Crippen molar-refractivity contribution in [3.63, 3.8) is 0 Å². The van der Waals surface area contributed by atoms with Gasteiger partial charge in [-0.25, -0.2) is 9.59 Å². The SMILES string of the molecule is Cc1oc(=O)oc1COC(=O)[C@]1(C)[C@@H](OC(=O)c2ccccc2)CC[C@@]2(C)[C@H]1CC[C@]1(C)[C@@H]2C(=O)C=C2[C@@H]3C[C@@](C)(C(=O)OC(c4ccccc4)c4ccccc4)CC[C@]3(C)CC[C@]21C. The summed E-state index contributed by atoms with van der Waals surface area (Å²) in [6.45, 7) is 14.3. The summed E-state index contributed by atoms with van der Waals surface area (Å²) < 4.78 is 29.1. The molecule has 10 atom stereocenters. The van der Waals surface area contributed by atoms with E-state index < -0.39 is 63.5 Å². The minimum atomic E-state index is -1.35. The van der Waals surface area contributed by atoms with Crippen LogP contribution in [0.4, 0.5) is 0 Å². The molecule has 10 nitrogen and oxygen atoms in total. The molecule has 5 aliphatic rings. The Morgan fingerprint density at radius 2 is 1.34 bits per heavy atom. The van der Waals surface area contributed by atoms with Crippen LogP contribution in [-0.2, 0) is 35.2 Å². The van der Waals surface area contributed by atoms with Gasteiger partial charge >= 0.3 is 23.7 Å². The minimum absolute atomic E-state index is 0.00786. The molecular formula is C55H62O10. The van der Waals surface area contributed by atoms with Crippen molar-refractivity contribution in [1.29, 1.82) is 0 Å². The van der Waals surface area contributed by atoms with Crippen LogP contribution in [0, 0.1) is 57.2 Å². The molecule has 1 aromatic heterocycles. The molecule has 4 fully saturated rings. The molecule has 4 aromatic rings. The van der Waals surface area contributed by atoms with Crippen LogP contribution >= 0.6 is 0 Å². The second kappa shape index (κ2) is 16.1. The number of benzene rings is 3. The van der Waals surface area contributed by atoms with Gasteiger partial charge in [-0.3, -0.25) is 14.4 Å². The van der Waals surface area contributed by atoms with Crippen molar-refractivity contribution in [2.45, 2.75) is 125 Å². The second-order valence-corrected chi connectivity index (χ2v) is 21.5. The molecule has 0 N–H and O–H groups in total. The number of aryl methyl sites for hydroxylation is 1. The molecular weight excluding hydrogens is 821 g/mol. The van der Waals surface area contributed by atoms with E-state index in [4.69, 9.17) is 23.0 Å². The third-order valence-corrected chi connectivity index (χ3v) is 18.0. The predicted molar refractivity (Wildman–Crippen MR) is 242 cm³/mol. The number of fused-ring (bicyclic) bond motifs is 7. The predicted octanol–water partition coefficient (Wildman–Crippen LogP) is 11.1. The Balaban J connectivity index is 1.04. The van der Waals surface area contributed by atoms with Gasteiger partial charge in [-0.2, -0.15) is 0 Å². The van der Waals surface area contributed by atoms with Crippen LogP contribution in [0.1, 0.15) is 138 Å². The Bertz CT molecular complexity index is 2540. The van der Waals surface area contributed by atoms with E-state index in [-0.39, 0.29) is 46.6 Å². The van der Waals surface area contributed by atoms with E-state index in [1.54, 1.807) is 31.2 Å². The zero-order chi connectivity index (χ0) is 46.2. The van der Waals surface area contributed by atoms with Crippen LogP contribution < -0.4 is 5.82 Å². The number of ketones is 1. The lowest BCUT2D eigenvalue weighted by Crippen LogP contribution is -2.68. The quantitative estimate of drug-likeness (QED) is 0.118. The average Bonchev–Trinajstić information content (AvgIpc) is 3.63. The highest BCUT2D eigenvalue weighted by molar-refractivity contribution is 5.96. The summed E-state index contributed by atoms with van der Waals surface area (Å²) in [5, 5.41) is 0. The van der Waals surface area contributed by atoms with E-state index in [1.807, 2.05) is 79.7 Å². The maximum atomic E-state index is 15.4. The summed E-state index contributed by atoms with van der Waals surface area (Å²) in [6, 6.07) is 28.5. The Kier molecular flexibility index (Phi) is 11.1. The number of carbonyl (C=O) groups is 4. The molecule has 0 spiro atoms. The number of ether oxygens (including phenoxy) is 3. The number of allylic oxidation sites excluding steroid dienone is 2. The summed E-state index contributed by atoms with van der Waals surface area (Å²) in [5.74, 6) is -2.67. The molecule has 9 rings (SSSR count). The lowest BCUT2D eigenvalue weighted by Gasteiger charge is -2.70. The van der Waals surface area contributed by atoms with Crippen LogP contribution in [0.5, 0.6) is 0 Å². The number of rotatable bonds is 9. The molecule has 5 aliphatic carbocycles. The summed E-state index contributed by atoms with van der Waals surface area (Å²) in [5.41, 5.74) is -0.374. The van der Waals surface area contributed by atoms with Gasteiger partial charge in [0.1, 0.15) is 11.5 Å². The molecule has 0 bridgehead atoms. The number of esters is 3. The fourth-order valence-electron chi connectivity index (χ4n) is 13.9. The zero-order valence-electron chi connectivity index (χ0n) is 38.8. The lowest BCUT2D eigenvalue weighted by atomic mass is 9.33. The van der Waals surface area contributed by atoms with Gasteiger partial charge in [0, 0.05) is 5.92 Å². The molecule has 342 valence electrons. The monoisotopic (exact) mass is 882 g/mol. The van der Waals surface area contributed by atoms with Crippen molar-refractivity contribution in [1.82, 2.24) is 0 Å². The van der Waals surface area contributed by atoms with Gasteiger partial charge in [0.2, 0.25) is 0 Å². The topological polar surface area (TPSA) is 139 Å². The second-order valence-electron chi connectivity index (χ2n) is 21.5. The smallest absolute Gasteiger partial charge is 0.458 e. The molecule has 10 heteroatoms. The average molecular weight is 883 g/mol. The standard InChI is InChI=1S/C55H62O10/c1-34-41(63-49(60)62-34)33-61-48(59)55(7)42-23-26-54(6)45(52(42,4)25-24-43(55)64-46(57)37-21-15-10-16-22-37)40(56)31-38-39-32-51(3,28-27-50(39,2)29-30-53(38,54)5)47(58)65-44(35-17-11-8-12-18-35)36-19-13-9-14-20-36/h8-22,31,39,42-45H,23-30,32-33H2,1-7H3/t39-,42+,43-,45+,50+,51-,52-,53+,54+,55-/m0/s1. The van der Waals surface area contributed by atoms with Crippen molar-refractivity contribution in [2.24, 2.45) is 50.2 Å². The van der Waals surface area contributed by atoms with Crippen molar-refractivity contribution in [3.05, 3.63) is 141 Å². The van der Waals surface area contributed by atoms with Crippen molar-refractivity contribution in [2.75, 3.05) is 0 Å². The van der Waals surface area contributed by atoms with Gasteiger partial charge < -0.3 is 23.0 Å². The Hall–Kier alpha value is -5.51. The van der Waals surface area contributed by atoms with Crippen LogP contribution in [0.25, 0.3) is 0 Å². The van der Waals surface area contributed by atoms with Crippen LogP contribution in [0.15, 0.2) is 116 Å². The molecule has 0 saturated heterocycles. The van der Waals surface area contributed by atoms with Crippen molar-refractivity contribution >= 4 is 23.7 Å². The molecule has 0 amide bonds. The minimum Gasteiger partial charge on any atom is -0.458 e. The van der Waals surface area contributed by atoms with Gasteiger partial charge in [-0.05, 0) is 141 Å². The largest absolute Gasteiger partial charge is 0.519 e. The summed E-state index contributed by atoms with van der Waals surface area (Å²) in [7, 11) is 0. The fourth-order valence-corrected chi connectivity index (χ4v) is 13.9. The molecule has 1 heterocycles. The van der Waals surface area contributed by atoms with Gasteiger partial charge in [0.05, 0.1) is 11.0 Å². The first-order valence-corrected chi connectivity index (χ1v) is 23.5. The van der Waals surface area contributed by atoms with E-state index in [2.05, 4.69) is 34.6 Å². The van der Waals surface area contributed by atoms with Gasteiger partial charge in [0.25, 0.3) is 0 Å². The number of hydrogen-bond donors (Lipinski definition) is 0. The van der Waals surface area contributed by atoms with E-state index in [9.17, 15) is 19.2 Å². The van der Waals surface area contributed by atoms with Crippen LogP contribution in [0.2, 0.25) is 0 Å². The van der Waals surface area contributed by atoms with E-state index >= 15 is 4.79 Å². The molecule has 65 heavy (non-hydrogen) atoms. The first-order chi connectivity index (χ1) is 30.9. The molecule has 0 aliphatic heterocycles. The maximum absolute atomic E-state index is 15.4. The molecule has 0 unspecified atom stereocenters. The lowest BCUT2D eigenvalue weighted by molar-refractivity contribution is -0.218. The highest BCUT2D eigenvalue weighted by Gasteiger charge is 2.72. The van der Waals surface area contributed by atoms with Crippen molar-refractivity contribution < 1.29 is 42.2 Å². The molecule has 3 aromatic carbocycles. The third kappa shape index (κ3) is 7.16. The first kappa shape index (κ1) is 44.7. The van der Waals surface area contributed by atoms with Crippen LogP contribution in [-0.4, -0.2) is 29.8 Å². The summed E-state index contributed by atoms with van der Waals surface area (Å²) in [6.07, 6.45) is 6.72. The Labute approximate surface area is 381 Å². The van der Waals surface area contributed by atoms with Gasteiger partial charge in [0.15, 0.2) is 30.0 Å². The van der Waals surface area contributed by atoms with Gasteiger partial charge in [-0.1, -0.05) is 112 Å². The van der Waals surface area contributed by atoms with E-state index in [1.165, 1.54) is 0 Å². The number of carbonyl (C=O) groups excluding carboxylic acids is 4. The van der Waals surface area contributed by atoms with Crippen LogP contribution in [0.3, 0.4) is 0 Å². The first-order valence-electron chi connectivity index (χ1n) is 23.5. The molecule has 0 radical (unpaired) electrons. The van der Waals surface area contributed by atoms with Crippen molar-refractivity contribution in [3.8, 4) is 0 Å². The van der Waals surface area contributed by atoms with E-state index in [0.29, 0.717) is 44.1 Å². The third-order valence-electron chi connectivity index (χ3n) is 18.0.